The largest absolute Gasteiger partial charge is 0.494 e. The molecule has 0 unspecified atom stereocenters. The van der Waals surface area contributed by atoms with E-state index in [1.165, 1.54) is 0 Å². The Kier molecular flexibility index (Phi) is 2.90. The fourth-order valence-corrected chi connectivity index (χ4v) is 1.14. The average Bonchev–Trinajstić information content (AvgIpc) is 2.03. The van der Waals surface area contributed by atoms with Crippen LogP contribution in [0.3, 0.4) is 0 Å². The molecule has 0 aromatic heterocycles. The third-order valence-corrected chi connectivity index (χ3v) is 1.65. The van der Waals surface area contributed by atoms with Crippen molar-refractivity contribution in [1.82, 2.24) is 0 Å². The second-order valence-electron chi connectivity index (χ2n) is 2.83. The summed E-state index contributed by atoms with van der Waals surface area (Å²) >= 11 is 0. The van der Waals surface area contributed by atoms with Crippen molar-refractivity contribution >= 4 is 5.91 Å². The molecule has 70 valence electrons. The van der Waals surface area contributed by atoms with E-state index in [1.54, 1.807) is 12.1 Å². The molecule has 0 spiro atoms. The maximum atomic E-state index is 10.9. The highest BCUT2D eigenvalue weighted by molar-refractivity contribution is 5.93. The van der Waals surface area contributed by atoms with Gasteiger partial charge in [0.2, 0.25) is 5.91 Å². The molecule has 0 atom stereocenters. The molecule has 0 aliphatic heterocycles. The number of nitrogens with two attached hydrogens (primary N) is 1. The Morgan fingerprint density at radius 3 is 2.69 bits per heavy atom. The van der Waals surface area contributed by atoms with E-state index < -0.39 is 5.91 Å². The van der Waals surface area contributed by atoms with Gasteiger partial charge < -0.3 is 10.5 Å². The van der Waals surface area contributed by atoms with Crippen LogP contribution in [0.4, 0.5) is 0 Å². The number of aryl methyl sites for hydroxylation is 1. The molecule has 3 heteroatoms. The van der Waals surface area contributed by atoms with Gasteiger partial charge in [0.25, 0.3) is 0 Å². The summed E-state index contributed by atoms with van der Waals surface area (Å²) in [4.78, 5) is 10.9. The van der Waals surface area contributed by atoms with Crippen LogP contribution in [-0.2, 0) is 0 Å². The number of rotatable bonds is 3. The van der Waals surface area contributed by atoms with Gasteiger partial charge in [-0.2, -0.15) is 0 Å². The van der Waals surface area contributed by atoms with Crippen molar-refractivity contribution in [2.45, 2.75) is 13.8 Å². The quantitative estimate of drug-likeness (QED) is 0.764. The first-order valence-electron chi connectivity index (χ1n) is 4.17. The summed E-state index contributed by atoms with van der Waals surface area (Å²) in [5.74, 6) is 0.265. The van der Waals surface area contributed by atoms with Crippen molar-refractivity contribution < 1.29 is 9.53 Å². The monoisotopic (exact) mass is 179 g/mol. The van der Waals surface area contributed by atoms with E-state index in [9.17, 15) is 4.79 Å². The van der Waals surface area contributed by atoms with Gasteiger partial charge in [0, 0.05) is 5.56 Å². The second kappa shape index (κ2) is 3.94. The second-order valence-corrected chi connectivity index (χ2v) is 2.83. The number of primary amides is 1. The number of benzene rings is 1. The summed E-state index contributed by atoms with van der Waals surface area (Å²) in [6, 6.07) is 5.26. The van der Waals surface area contributed by atoms with Crippen LogP contribution in [0.15, 0.2) is 18.2 Å². The predicted molar refractivity (Wildman–Crippen MR) is 50.9 cm³/mol. The SMILES string of the molecule is CCOc1cc(C)cc(C(N)=O)c1. The number of carbonyl (C=O) groups is 1. The van der Waals surface area contributed by atoms with Crippen LogP contribution in [0.25, 0.3) is 0 Å². The Morgan fingerprint density at radius 2 is 2.15 bits per heavy atom. The zero-order valence-electron chi connectivity index (χ0n) is 7.83. The van der Waals surface area contributed by atoms with E-state index in [2.05, 4.69) is 0 Å². The lowest BCUT2D eigenvalue weighted by molar-refractivity contribution is 0.1000. The lowest BCUT2D eigenvalue weighted by atomic mass is 10.1. The van der Waals surface area contributed by atoms with Crippen molar-refractivity contribution in [2.75, 3.05) is 6.61 Å². The number of amides is 1. The number of carbonyl (C=O) groups excluding carboxylic acids is 1. The van der Waals surface area contributed by atoms with Crippen molar-refractivity contribution in [1.29, 1.82) is 0 Å². The minimum absolute atomic E-state index is 0.426. The van der Waals surface area contributed by atoms with Gasteiger partial charge in [0.1, 0.15) is 5.75 Å². The van der Waals surface area contributed by atoms with E-state index in [1.807, 2.05) is 19.9 Å². The number of ether oxygens (including phenoxy) is 1. The molecule has 1 rings (SSSR count). The molecule has 0 fully saturated rings. The summed E-state index contributed by atoms with van der Waals surface area (Å²) in [6.07, 6.45) is 0. The van der Waals surface area contributed by atoms with Gasteiger partial charge in [-0.3, -0.25) is 4.79 Å². The zero-order valence-corrected chi connectivity index (χ0v) is 7.83. The Morgan fingerprint density at radius 1 is 1.46 bits per heavy atom. The van der Waals surface area contributed by atoms with Crippen LogP contribution >= 0.6 is 0 Å². The summed E-state index contributed by atoms with van der Waals surface area (Å²) in [7, 11) is 0. The Labute approximate surface area is 77.5 Å². The van der Waals surface area contributed by atoms with Crippen LogP contribution in [0, 0.1) is 6.92 Å². The Balaban J connectivity index is 3.03. The van der Waals surface area contributed by atoms with Crippen LogP contribution in [0.1, 0.15) is 22.8 Å². The molecule has 0 bridgehead atoms. The minimum atomic E-state index is -0.426. The van der Waals surface area contributed by atoms with Crippen molar-refractivity contribution in [3.8, 4) is 5.75 Å². The van der Waals surface area contributed by atoms with Gasteiger partial charge in [0.15, 0.2) is 0 Å². The van der Waals surface area contributed by atoms with E-state index in [-0.39, 0.29) is 0 Å². The van der Waals surface area contributed by atoms with E-state index >= 15 is 0 Å². The fourth-order valence-electron chi connectivity index (χ4n) is 1.14. The van der Waals surface area contributed by atoms with Crippen molar-refractivity contribution in [3.05, 3.63) is 29.3 Å². The van der Waals surface area contributed by atoms with Gasteiger partial charge in [-0.1, -0.05) is 0 Å². The summed E-state index contributed by atoms with van der Waals surface area (Å²) in [5, 5.41) is 0. The molecule has 1 aromatic rings. The number of hydrogen-bond acceptors (Lipinski definition) is 2. The van der Waals surface area contributed by atoms with E-state index in [0.717, 1.165) is 5.56 Å². The molecule has 0 radical (unpaired) electrons. The molecule has 2 N–H and O–H groups in total. The van der Waals surface area contributed by atoms with Gasteiger partial charge in [-0.15, -0.1) is 0 Å². The summed E-state index contributed by atoms with van der Waals surface area (Å²) in [6.45, 7) is 4.38. The standard InChI is InChI=1S/C10H13NO2/c1-3-13-9-5-7(2)4-8(6-9)10(11)12/h4-6H,3H2,1-2H3,(H2,11,12). The highest BCUT2D eigenvalue weighted by Gasteiger charge is 2.03. The first-order chi connectivity index (χ1) is 6.13. The summed E-state index contributed by atoms with van der Waals surface area (Å²) < 4.78 is 5.27. The Bertz CT molecular complexity index is 321. The predicted octanol–water partition coefficient (Wildman–Crippen LogP) is 1.49. The molecule has 0 saturated heterocycles. The van der Waals surface area contributed by atoms with Crippen LogP contribution in [-0.4, -0.2) is 12.5 Å². The van der Waals surface area contributed by atoms with Gasteiger partial charge in [0.05, 0.1) is 6.61 Å². The molecule has 0 heterocycles. The number of hydrogen-bond donors (Lipinski definition) is 1. The highest BCUT2D eigenvalue weighted by Crippen LogP contribution is 2.16. The van der Waals surface area contributed by atoms with Crippen molar-refractivity contribution in [3.63, 3.8) is 0 Å². The molecule has 13 heavy (non-hydrogen) atoms. The molecular formula is C10H13NO2. The topological polar surface area (TPSA) is 52.3 Å². The highest BCUT2D eigenvalue weighted by atomic mass is 16.5. The molecule has 0 aliphatic rings. The molecule has 3 nitrogen and oxygen atoms in total. The molecular weight excluding hydrogens is 166 g/mol. The molecule has 1 amide bonds. The van der Waals surface area contributed by atoms with Crippen LogP contribution in [0.5, 0.6) is 5.75 Å². The fraction of sp³-hybridized carbons (Fsp3) is 0.300. The zero-order chi connectivity index (χ0) is 9.84. The first-order valence-corrected chi connectivity index (χ1v) is 4.17. The molecule has 0 saturated carbocycles. The van der Waals surface area contributed by atoms with Gasteiger partial charge >= 0.3 is 0 Å². The molecule has 1 aromatic carbocycles. The normalized spacial score (nSPS) is 9.69. The average molecular weight is 179 g/mol. The smallest absolute Gasteiger partial charge is 0.248 e. The Hall–Kier alpha value is -1.51. The third kappa shape index (κ3) is 2.47. The lowest BCUT2D eigenvalue weighted by Crippen LogP contribution is -2.11. The molecule has 0 aliphatic carbocycles. The third-order valence-electron chi connectivity index (χ3n) is 1.65. The van der Waals surface area contributed by atoms with E-state index in [4.69, 9.17) is 10.5 Å². The lowest BCUT2D eigenvalue weighted by Gasteiger charge is -2.05. The first kappa shape index (κ1) is 9.58. The van der Waals surface area contributed by atoms with E-state index in [0.29, 0.717) is 17.9 Å². The maximum Gasteiger partial charge on any atom is 0.248 e. The van der Waals surface area contributed by atoms with Crippen LogP contribution in [0.2, 0.25) is 0 Å². The maximum absolute atomic E-state index is 10.9. The van der Waals surface area contributed by atoms with Gasteiger partial charge in [-0.05, 0) is 37.6 Å². The van der Waals surface area contributed by atoms with Crippen molar-refractivity contribution in [2.24, 2.45) is 5.73 Å². The van der Waals surface area contributed by atoms with Gasteiger partial charge in [-0.25, -0.2) is 0 Å². The minimum Gasteiger partial charge on any atom is -0.494 e. The van der Waals surface area contributed by atoms with Crippen LogP contribution < -0.4 is 10.5 Å². The summed E-state index contributed by atoms with van der Waals surface area (Å²) in [5.41, 5.74) is 6.61.